The quantitative estimate of drug-likeness (QED) is 0.800. The third kappa shape index (κ3) is 4.94. The van der Waals surface area contributed by atoms with Gasteiger partial charge in [0.05, 0.1) is 6.61 Å². The average Bonchev–Trinajstić information content (AvgIpc) is 2.33. The number of nitrogens with two attached hydrogens (primary N) is 1. The van der Waals surface area contributed by atoms with Gasteiger partial charge in [-0.2, -0.15) is 0 Å². The summed E-state index contributed by atoms with van der Waals surface area (Å²) in [6.07, 6.45) is 0.860. The molecule has 0 radical (unpaired) electrons. The molecule has 3 nitrogen and oxygen atoms in total. The molecule has 0 saturated carbocycles. The number of benzene rings is 1. The summed E-state index contributed by atoms with van der Waals surface area (Å²) in [6, 6.07) is 8.10. The Bertz CT molecular complexity index is 357. The molecule has 0 fully saturated rings. The minimum Gasteiger partial charge on any atom is -0.395 e. The van der Waals surface area contributed by atoms with Crippen LogP contribution in [0.3, 0.4) is 0 Å². The molecule has 4 heteroatoms. The molecule has 0 bridgehead atoms. The van der Waals surface area contributed by atoms with Crippen molar-refractivity contribution >= 4 is 11.6 Å². The highest BCUT2D eigenvalue weighted by molar-refractivity contribution is 6.30. The lowest BCUT2D eigenvalue weighted by atomic mass is 10.0. The van der Waals surface area contributed by atoms with Gasteiger partial charge in [-0.15, -0.1) is 0 Å². The van der Waals surface area contributed by atoms with Gasteiger partial charge in [0.15, 0.2) is 0 Å². The first-order chi connectivity index (χ1) is 8.54. The zero-order valence-corrected chi connectivity index (χ0v) is 11.9. The van der Waals surface area contributed by atoms with Crippen molar-refractivity contribution in [2.75, 3.05) is 19.7 Å². The predicted molar refractivity (Wildman–Crippen MR) is 76.8 cm³/mol. The van der Waals surface area contributed by atoms with Crippen LogP contribution in [0.25, 0.3) is 0 Å². The average molecular weight is 271 g/mol. The van der Waals surface area contributed by atoms with Gasteiger partial charge >= 0.3 is 0 Å². The Hall–Kier alpha value is -0.610. The summed E-state index contributed by atoms with van der Waals surface area (Å²) in [5, 5.41) is 9.74. The van der Waals surface area contributed by atoms with Gasteiger partial charge in [-0.3, -0.25) is 4.90 Å². The van der Waals surface area contributed by atoms with Gasteiger partial charge in [0.25, 0.3) is 0 Å². The summed E-state index contributed by atoms with van der Waals surface area (Å²) in [5.74, 6) is 0. The first kappa shape index (κ1) is 15.4. The van der Waals surface area contributed by atoms with Crippen LogP contribution < -0.4 is 5.73 Å². The number of hydrogen-bond donors (Lipinski definition) is 2. The number of aliphatic hydroxyl groups is 1. The molecule has 1 aromatic carbocycles. The molecule has 0 aliphatic rings. The highest BCUT2D eigenvalue weighted by Crippen LogP contribution is 2.19. The second-order valence-electron chi connectivity index (χ2n) is 4.80. The van der Waals surface area contributed by atoms with Crippen molar-refractivity contribution in [3.63, 3.8) is 0 Å². The Morgan fingerprint density at radius 2 is 2.06 bits per heavy atom. The molecule has 0 aromatic heterocycles. The fourth-order valence-corrected chi connectivity index (χ4v) is 2.16. The number of halogens is 1. The van der Waals surface area contributed by atoms with E-state index in [2.05, 4.69) is 18.7 Å². The first-order valence-electron chi connectivity index (χ1n) is 6.40. The van der Waals surface area contributed by atoms with Gasteiger partial charge in [0, 0.05) is 30.2 Å². The molecule has 0 aliphatic heterocycles. The van der Waals surface area contributed by atoms with E-state index < -0.39 is 0 Å². The van der Waals surface area contributed by atoms with E-state index in [1.54, 1.807) is 0 Å². The second kappa shape index (κ2) is 7.74. The summed E-state index contributed by atoms with van der Waals surface area (Å²) in [6.45, 7) is 6.01. The Labute approximate surface area is 115 Å². The molecule has 1 aromatic rings. The van der Waals surface area contributed by atoms with Gasteiger partial charge in [-0.1, -0.05) is 23.7 Å². The highest BCUT2D eigenvalue weighted by atomic mass is 35.5. The normalized spacial score (nSPS) is 13.3. The van der Waals surface area contributed by atoms with E-state index in [1.807, 2.05) is 24.3 Å². The summed E-state index contributed by atoms with van der Waals surface area (Å²) >= 11 is 5.95. The van der Waals surface area contributed by atoms with E-state index in [9.17, 15) is 0 Å². The number of hydrogen-bond acceptors (Lipinski definition) is 3. The van der Waals surface area contributed by atoms with Gasteiger partial charge in [-0.05, 0) is 38.0 Å². The maximum Gasteiger partial charge on any atom is 0.0558 e. The fraction of sp³-hybridized carbons (Fsp3) is 0.571. The Morgan fingerprint density at radius 3 is 2.61 bits per heavy atom. The maximum absolute atomic E-state index is 9.01. The lowest BCUT2D eigenvalue weighted by Crippen LogP contribution is -2.35. The van der Waals surface area contributed by atoms with Crippen molar-refractivity contribution in [1.82, 2.24) is 4.90 Å². The molecule has 102 valence electrons. The number of aliphatic hydroxyl groups excluding tert-OH is 1. The third-order valence-electron chi connectivity index (χ3n) is 3.12. The predicted octanol–water partition coefficient (Wildman–Crippen LogP) is 2.43. The zero-order valence-electron chi connectivity index (χ0n) is 11.1. The molecule has 18 heavy (non-hydrogen) atoms. The Morgan fingerprint density at radius 1 is 1.33 bits per heavy atom. The van der Waals surface area contributed by atoms with Crippen LogP contribution in [-0.2, 0) is 0 Å². The largest absolute Gasteiger partial charge is 0.395 e. The van der Waals surface area contributed by atoms with Crippen molar-refractivity contribution in [2.24, 2.45) is 5.73 Å². The molecule has 0 spiro atoms. The van der Waals surface area contributed by atoms with E-state index in [0.29, 0.717) is 12.6 Å². The maximum atomic E-state index is 9.01. The van der Waals surface area contributed by atoms with E-state index in [1.165, 1.54) is 0 Å². The summed E-state index contributed by atoms with van der Waals surface area (Å²) < 4.78 is 0. The third-order valence-corrected chi connectivity index (χ3v) is 3.36. The number of nitrogens with zero attached hydrogens (tertiary/aromatic N) is 1. The molecule has 0 heterocycles. The monoisotopic (exact) mass is 270 g/mol. The van der Waals surface area contributed by atoms with E-state index in [4.69, 9.17) is 22.4 Å². The summed E-state index contributed by atoms with van der Waals surface area (Å²) in [5.41, 5.74) is 7.23. The van der Waals surface area contributed by atoms with Crippen molar-refractivity contribution in [2.45, 2.75) is 32.4 Å². The lowest BCUT2D eigenvalue weighted by molar-refractivity contribution is 0.161. The van der Waals surface area contributed by atoms with Gasteiger partial charge < -0.3 is 10.8 Å². The van der Waals surface area contributed by atoms with Crippen molar-refractivity contribution < 1.29 is 5.11 Å². The van der Waals surface area contributed by atoms with Gasteiger partial charge in [0.1, 0.15) is 0 Å². The molecular formula is C14H23ClN2O. The van der Waals surface area contributed by atoms with Crippen LogP contribution in [0.15, 0.2) is 24.3 Å². The molecule has 0 saturated heterocycles. The minimum absolute atomic E-state index is 0.0105. The lowest BCUT2D eigenvalue weighted by Gasteiger charge is -2.27. The molecule has 1 atom stereocenters. The van der Waals surface area contributed by atoms with Crippen LogP contribution in [-0.4, -0.2) is 35.7 Å². The van der Waals surface area contributed by atoms with E-state index >= 15 is 0 Å². The smallest absolute Gasteiger partial charge is 0.0558 e. The Kier molecular flexibility index (Phi) is 6.65. The molecular weight excluding hydrogens is 248 g/mol. The molecule has 3 N–H and O–H groups in total. The number of rotatable bonds is 7. The fourth-order valence-electron chi connectivity index (χ4n) is 1.97. The van der Waals surface area contributed by atoms with Gasteiger partial charge in [-0.25, -0.2) is 0 Å². The van der Waals surface area contributed by atoms with Crippen molar-refractivity contribution in [3.8, 4) is 0 Å². The zero-order chi connectivity index (χ0) is 13.5. The second-order valence-corrected chi connectivity index (χ2v) is 5.24. The van der Waals surface area contributed by atoms with Gasteiger partial charge in [0.2, 0.25) is 0 Å². The van der Waals surface area contributed by atoms with Crippen molar-refractivity contribution in [3.05, 3.63) is 34.9 Å². The summed E-state index contributed by atoms with van der Waals surface area (Å²) in [4.78, 5) is 2.23. The molecule has 0 aliphatic carbocycles. The first-order valence-corrected chi connectivity index (χ1v) is 6.78. The van der Waals surface area contributed by atoms with Crippen LogP contribution in [0.5, 0.6) is 0 Å². The van der Waals surface area contributed by atoms with Crippen LogP contribution in [0.1, 0.15) is 31.9 Å². The van der Waals surface area contributed by atoms with Crippen LogP contribution >= 0.6 is 11.6 Å². The minimum atomic E-state index is -0.0105. The SMILES string of the molecule is CC(C)N(CCO)CCC(N)c1cccc(Cl)c1. The Balaban J connectivity index is 2.51. The molecule has 1 unspecified atom stereocenters. The van der Waals surface area contributed by atoms with Crippen LogP contribution in [0, 0.1) is 0 Å². The van der Waals surface area contributed by atoms with Crippen LogP contribution in [0.2, 0.25) is 5.02 Å². The standard InChI is InChI=1S/C14H23ClN2O/c1-11(2)17(8-9-18)7-6-14(16)12-4-3-5-13(15)10-12/h3-5,10-11,14,18H,6-9,16H2,1-2H3. The topological polar surface area (TPSA) is 49.5 Å². The van der Waals surface area contributed by atoms with Crippen molar-refractivity contribution in [1.29, 1.82) is 0 Å². The van der Waals surface area contributed by atoms with E-state index in [-0.39, 0.29) is 12.6 Å². The van der Waals surface area contributed by atoms with Crippen LogP contribution in [0.4, 0.5) is 0 Å². The molecule has 1 rings (SSSR count). The molecule has 0 amide bonds. The highest BCUT2D eigenvalue weighted by Gasteiger charge is 2.12. The summed E-state index contributed by atoms with van der Waals surface area (Å²) in [7, 11) is 0. The van der Waals surface area contributed by atoms with E-state index in [0.717, 1.165) is 23.6 Å².